The number of ether oxygens (including phenoxy) is 1. The van der Waals surface area contributed by atoms with E-state index in [1.165, 1.54) is 33.0 Å². The summed E-state index contributed by atoms with van der Waals surface area (Å²) >= 11 is 0. The smallest absolute Gasteiger partial charge is 0.0731 e. The third-order valence-electron chi connectivity index (χ3n) is 4.40. The minimum Gasteiger partial charge on any atom is -0.372 e. The van der Waals surface area contributed by atoms with Crippen molar-refractivity contribution in [2.45, 2.75) is 40.5 Å². The van der Waals surface area contributed by atoms with E-state index in [1.807, 2.05) is 0 Å². The van der Waals surface area contributed by atoms with Crippen LogP contribution in [0.4, 0.5) is 0 Å². The first-order chi connectivity index (χ1) is 9.72. The van der Waals surface area contributed by atoms with E-state index in [4.69, 9.17) is 4.74 Å². The molecule has 0 aliphatic carbocycles. The highest BCUT2D eigenvalue weighted by Gasteiger charge is 2.19. The minimum absolute atomic E-state index is 0.765. The Labute approximate surface area is 121 Å². The molecule has 2 nitrogen and oxygen atoms in total. The second-order valence-electron chi connectivity index (χ2n) is 5.67. The summed E-state index contributed by atoms with van der Waals surface area (Å²) in [7, 11) is 0. The molecule has 0 aromatic heterocycles. The summed E-state index contributed by atoms with van der Waals surface area (Å²) in [5.74, 6) is 0. The van der Waals surface area contributed by atoms with Gasteiger partial charge in [-0.2, -0.15) is 0 Å². The van der Waals surface area contributed by atoms with Crippen molar-refractivity contribution < 1.29 is 4.74 Å². The van der Waals surface area contributed by atoms with Gasteiger partial charge in [0.2, 0.25) is 0 Å². The maximum atomic E-state index is 5.73. The molecule has 0 fully saturated rings. The Bertz CT molecular complexity index is 629. The molecular formula is C18H23NO. The van der Waals surface area contributed by atoms with E-state index >= 15 is 0 Å². The van der Waals surface area contributed by atoms with E-state index in [0.717, 1.165) is 32.8 Å². The van der Waals surface area contributed by atoms with Crippen LogP contribution >= 0.6 is 0 Å². The average molecular weight is 269 g/mol. The molecule has 1 aliphatic heterocycles. The highest BCUT2D eigenvalue weighted by molar-refractivity contribution is 5.88. The van der Waals surface area contributed by atoms with E-state index in [2.05, 4.69) is 49.9 Å². The molecule has 2 heteroatoms. The maximum Gasteiger partial charge on any atom is 0.0731 e. The van der Waals surface area contributed by atoms with Crippen molar-refractivity contribution in [2.24, 2.45) is 0 Å². The van der Waals surface area contributed by atoms with E-state index in [0.29, 0.717) is 0 Å². The highest BCUT2D eigenvalue weighted by atomic mass is 16.5. The number of rotatable bonds is 4. The van der Waals surface area contributed by atoms with Gasteiger partial charge in [-0.05, 0) is 53.5 Å². The van der Waals surface area contributed by atoms with Crippen molar-refractivity contribution in [3.8, 4) is 0 Å². The van der Waals surface area contributed by atoms with Gasteiger partial charge in [-0.1, -0.05) is 37.6 Å². The first kappa shape index (κ1) is 13.6. The molecule has 1 heterocycles. The highest BCUT2D eigenvalue weighted by Crippen LogP contribution is 2.33. The quantitative estimate of drug-likeness (QED) is 0.831. The van der Waals surface area contributed by atoms with E-state index < -0.39 is 0 Å². The van der Waals surface area contributed by atoms with Crippen LogP contribution in [0.3, 0.4) is 0 Å². The van der Waals surface area contributed by atoms with Crippen molar-refractivity contribution in [2.75, 3.05) is 13.1 Å². The Morgan fingerprint density at radius 1 is 1.05 bits per heavy atom. The molecule has 0 saturated carbocycles. The average Bonchev–Trinajstić information content (AvgIpc) is 2.95. The maximum absolute atomic E-state index is 5.73. The standard InChI is InChI=1S/C18H23NO/c1-4-19(5-2)10-15-9-14-7-6-13(3)8-16(14)18-12-20-11-17(15)18/h6-9H,4-5,10-12H2,1-3H3. The van der Waals surface area contributed by atoms with E-state index in [9.17, 15) is 0 Å². The molecule has 106 valence electrons. The Morgan fingerprint density at radius 3 is 2.55 bits per heavy atom. The van der Waals surface area contributed by atoms with Crippen LogP contribution in [0, 0.1) is 6.92 Å². The van der Waals surface area contributed by atoms with Gasteiger partial charge < -0.3 is 4.74 Å². The lowest BCUT2D eigenvalue weighted by Crippen LogP contribution is -2.22. The van der Waals surface area contributed by atoms with Gasteiger partial charge in [0.15, 0.2) is 0 Å². The Kier molecular flexibility index (Phi) is 3.77. The lowest BCUT2D eigenvalue weighted by atomic mass is 9.94. The van der Waals surface area contributed by atoms with Gasteiger partial charge in [0.05, 0.1) is 13.2 Å². The van der Waals surface area contributed by atoms with Crippen LogP contribution in [-0.4, -0.2) is 18.0 Å². The molecule has 0 saturated heterocycles. The molecule has 0 spiro atoms. The molecule has 0 bridgehead atoms. The topological polar surface area (TPSA) is 12.5 Å². The van der Waals surface area contributed by atoms with Gasteiger partial charge >= 0.3 is 0 Å². The van der Waals surface area contributed by atoms with Crippen molar-refractivity contribution in [1.29, 1.82) is 0 Å². The first-order valence-corrected chi connectivity index (χ1v) is 7.57. The van der Waals surface area contributed by atoms with Crippen LogP contribution in [0.2, 0.25) is 0 Å². The van der Waals surface area contributed by atoms with Crippen LogP contribution in [0.5, 0.6) is 0 Å². The molecule has 0 radical (unpaired) electrons. The lowest BCUT2D eigenvalue weighted by molar-refractivity contribution is 0.134. The van der Waals surface area contributed by atoms with Gasteiger partial charge in [0.25, 0.3) is 0 Å². The predicted octanol–water partition coefficient (Wildman–Crippen LogP) is 4.02. The summed E-state index contributed by atoms with van der Waals surface area (Å²) in [5, 5.41) is 2.72. The monoisotopic (exact) mass is 269 g/mol. The molecule has 0 atom stereocenters. The summed E-state index contributed by atoms with van der Waals surface area (Å²) in [6.45, 7) is 11.4. The number of hydrogen-bond donors (Lipinski definition) is 0. The van der Waals surface area contributed by atoms with Gasteiger partial charge in [-0.3, -0.25) is 4.90 Å². The number of hydrogen-bond acceptors (Lipinski definition) is 2. The number of aryl methyl sites for hydroxylation is 1. The summed E-state index contributed by atoms with van der Waals surface area (Å²) in [4.78, 5) is 2.47. The molecule has 0 amide bonds. The Balaban J connectivity index is 2.12. The van der Waals surface area contributed by atoms with Crippen molar-refractivity contribution in [3.63, 3.8) is 0 Å². The summed E-state index contributed by atoms with van der Waals surface area (Å²) in [5.41, 5.74) is 5.60. The first-order valence-electron chi connectivity index (χ1n) is 7.57. The van der Waals surface area contributed by atoms with Crippen LogP contribution in [-0.2, 0) is 24.5 Å². The normalized spacial score (nSPS) is 14.2. The largest absolute Gasteiger partial charge is 0.372 e. The second-order valence-corrected chi connectivity index (χ2v) is 5.67. The Hall–Kier alpha value is -1.38. The predicted molar refractivity (Wildman–Crippen MR) is 83.8 cm³/mol. The van der Waals surface area contributed by atoms with Crippen molar-refractivity contribution in [3.05, 3.63) is 46.5 Å². The van der Waals surface area contributed by atoms with Crippen LogP contribution < -0.4 is 0 Å². The van der Waals surface area contributed by atoms with Crippen molar-refractivity contribution >= 4 is 10.8 Å². The fourth-order valence-electron chi connectivity index (χ4n) is 3.12. The summed E-state index contributed by atoms with van der Waals surface area (Å²) in [6.07, 6.45) is 0. The molecule has 0 unspecified atom stereocenters. The molecule has 20 heavy (non-hydrogen) atoms. The molecular weight excluding hydrogens is 246 g/mol. The zero-order chi connectivity index (χ0) is 14.1. The van der Waals surface area contributed by atoms with Crippen LogP contribution in [0.25, 0.3) is 10.8 Å². The Morgan fingerprint density at radius 2 is 1.80 bits per heavy atom. The number of benzene rings is 2. The molecule has 3 rings (SSSR count). The zero-order valence-corrected chi connectivity index (χ0v) is 12.7. The minimum atomic E-state index is 0.765. The third-order valence-corrected chi connectivity index (χ3v) is 4.40. The summed E-state index contributed by atoms with van der Waals surface area (Å²) in [6, 6.07) is 9.10. The van der Waals surface area contributed by atoms with Gasteiger partial charge in [-0.15, -0.1) is 0 Å². The second kappa shape index (κ2) is 5.55. The molecule has 1 aliphatic rings. The zero-order valence-electron chi connectivity index (χ0n) is 12.7. The third kappa shape index (κ3) is 2.34. The fourth-order valence-corrected chi connectivity index (χ4v) is 3.12. The summed E-state index contributed by atoms with van der Waals surface area (Å²) < 4.78 is 5.73. The van der Waals surface area contributed by atoms with Crippen LogP contribution in [0.1, 0.15) is 36.1 Å². The molecule has 2 aromatic carbocycles. The lowest BCUT2D eigenvalue weighted by Gasteiger charge is -2.20. The fraction of sp³-hybridized carbons (Fsp3) is 0.444. The SMILES string of the molecule is CCN(CC)Cc1cc2ccc(C)cc2c2c1COC2. The van der Waals surface area contributed by atoms with Gasteiger partial charge in [0.1, 0.15) is 0 Å². The van der Waals surface area contributed by atoms with Crippen LogP contribution in [0.15, 0.2) is 24.3 Å². The van der Waals surface area contributed by atoms with Gasteiger partial charge in [0, 0.05) is 6.54 Å². The number of fused-ring (bicyclic) bond motifs is 3. The molecule has 0 N–H and O–H groups in total. The van der Waals surface area contributed by atoms with E-state index in [-0.39, 0.29) is 0 Å². The number of nitrogens with zero attached hydrogens (tertiary/aromatic N) is 1. The van der Waals surface area contributed by atoms with Gasteiger partial charge in [-0.25, -0.2) is 0 Å². The molecule has 2 aromatic rings. The van der Waals surface area contributed by atoms with Crippen molar-refractivity contribution in [1.82, 2.24) is 4.90 Å². The van der Waals surface area contributed by atoms with E-state index in [1.54, 1.807) is 0 Å².